The Hall–Kier alpha value is -2.08. The number of hydrogen-bond acceptors (Lipinski definition) is 3. The third-order valence-corrected chi connectivity index (χ3v) is 3.40. The molecule has 0 bridgehead atoms. The normalized spacial score (nSPS) is 11.6. The average Bonchev–Trinajstić information content (AvgIpc) is 2.51. The first-order chi connectivity index (χ1) is 9.97. The zero-order chi connectivity index (χ0) is 15.8. The minimum absolute atomic E-state index is 0.00888. The summed E-state index contributed by atoms with van der Waals surface area (Å²) in [5.41, 5.74) is 1.83. The summed E-state index contributed by atoms with van der Waals surface area (Å²) in [5, 5.41) is 8.39. The zero-order valence-electron chi connectivity index (χ0n) is 13.1. The van der Waals surface area contributed by atoms with Gasteiger partial charge in [0.25, 0.3) is 0 Å². The fourth-order valence-electron chi connectivity index (χ4n) is 1.66. The molecule has 0 radical (unpaired) electrons. The molecule has 0 heterocycles. The highest BCUT2D eigenvalue weighted by atomic mass is 16.2. The maximum absolute atomic E-state index is 11.7. The van der Waals surface area contributed by atoms with Crippen molar-refractivity contribution in [1.29, 1.82) is 0 Å². The van der Waals surface area contributed by atoms with Gasteiger partial charge in [0, 0.05) is 25.3 Å². The molecule has 1 rings (SSSR count). The number of carbonyl (C=O) groups is 2. The summed E-state index contributed by atoms with van der Waals surface area (Å²) < 4.78 is 0. The number of nitrogens with zero attached hydrogens (tertiary/aromatic N) is 1. The molecule has 3 N–H and O–H groups in total. The van der Waals surface area contributed by atoms with Crippen LogP contribution in [-0.2, 0) is 4.79 Å². The smallest absolute Gasteiger partial charge is 0.319 e. The fraction of sp³-hybridized carbons (Fsp3) is 0.467. The van der Waals surface area contributed by atoms with E-state index in [9.17, 15) is 9.59 Å². The number of likely N-dealkylation sites (N-methyl/N-ethyl adjacent to an activating group) is 1. The van der Waals surface area contributed by atoms with E-state index in [2.05, 4.69) is 22.9 Å². The van der Waals surface area contributed by atoms with Crippen LogP contribution in [0.2, 0.25) is 0 Å². The second-order valence-corrected chi connectivity index (χ2v) is 4.85. The highest BCUT2D eigenvalue weighted by Crippen LogP contribution is 2.15. The number of amides is 3. The van der Waals surface area contributed by atoms with Gasteiger partial charge in [0.2, 0.25) is 5.91 Å². The minimum atomic E-state index is -0.387. The molecule has 0 saturated carbocycles. The Kier molecular flexibility index (Phi) is 6.68. The van der Waals surface area contributed by atoms with Crippen molar-refractivity contribution in [3.63, 3.8) is 0 Å². The van der Waals surface area contributed by atoms with Gasteiger partial charge in [-0.05, 0) is 38.6 Å². The molecule has 3 amide bonds. The van der Waals surface area contributed by atoms with Gasteiger partial charge in [-0.2, -0.15) is 0 Å². The van der Waals surface area contributed by atoms with Crippen LogP contribution in [0.3, 0.4) is 0 Å². The summed E-state index contributed by atoms with van der Waals surface area (Å²) in [6, 6.07) is 7.45. The monoisotopic (exact) mass is 292 g/mol. The molecule has 1 unspecified atom stereocenters. The third kappa shape index (κ3) is 5.43. The van der Waals surface area contributed by atoms with Crippen LogP contribution >= 0.6 is 0 Å². The number of rotatable bonds is 6. The van der Waals surface area contributed by atoms with Gasteiger partial charge in [0.1, 0.15) is 0 Å². The lowest BCUT2D eigenvalue weighted by atomic mass is 10.1. The lowest BCUT2D eigenvalue weighted by Gasteiger charge is -2.15. The molecule has 1 aromatic rings. The van der Waals surface area contributed by atoms with E-state index < -0.39 is 0 Å². The number of hydrogen-bond donors (Lipinski definition) is 3. The SMILES string of the molecule is CCN(C)C(=O)CNC(=O)Nc1ccc(C(C)NC)cc1. The highest BCUT2D eigenvalue weighted by molar-refractivity contribution is 5.92. The van der Waals surface area contributed by atoms with Crippen LogP contribution in [0, 0.1) is 0 Å². The topological polar surface area (TPSA) is 73.5 Å². The van der Waals surface area contributed by atoms with Crippen LogP contribution in [0.25, 0.3) is 0 Å². The molecule has 0 spiro atoms. The Labute approximate surface area is 125 Å². The number of urea groups is 1. The highest BCUT2D eigenvalue weighted by Gasteiger charge is 2.09. The molecule has 6 heteroatoms. The first-order valence-electron chi connectivity index (χ1n) is 7.04. The second-order valence-electron chi connectivity index (χ2n) is 4.85. The Morgan fingerprint density at radius 2 is 1.86 bits per heavy atom. The molecular weight excluding hydrogens is 268 g/mol. The summed E-state index contributed by atoms with van der Waals surface area (Å²) >= 11 is 0. The van der Waals surface area contributed by atoms with Crippen molar-refractivity contribution in [3.05, 3.63) is 29.8 Å². The Balaban J connectivity index is 2.46. The first-order valence-corrected chi connectivity index (χ1v) is 7.04. The number of anilines is 1. The van der Waals surface area contributed by atoms with Crippen molar-refractivity contribution >= 4 is 17.6 Å². The van der Waals surface area contributed by atoms with Crippen molar-refractivity contribution < 1.29 is 9.59 Å². The summed E-state index contributed by atoms with van der Waals surface area (Å²) in [5.74, 6) is -0.120. The van der Waals surface area contributed by atoms with Crippen LogP contribution in [0.1, 0.15) is 25.5 Å². The standard InChI is InChI=1S/C15H24N4O2/c1-5-19(4)14(20)10-17-15(21)18-13-8-6-12(7-9-13)11(2)16-3/h6-9,11,16H,5,10H2,1-4H3,(H2,17,18,21). The van der Waals surface area contributed by atoms with E-state index in [-0.39, 0.29) is 24.5 Å². The zero-order valence-corrected chi connectivity index (χ0v) is 13.1. The molecular formula is C15H24N4O2. The van der Waals surface area contributed by atoms with E-state index in [1.54, 1.807) is 11.9 Å². The molecule has 0 aromatic heterocycles. The van der Waals surface area contributed by atoms with Gasteiger partial charge in [-0.15, -0.1) is 0 Å². The van der Waals surface area contributed by atoms with Gasteiger partial charge >= 0.3 is 6.03 Å². The van der Waals surface area contributed by atoms with E-state index in [1.807, 2.05) is 38.2 Å². The van der Waals surface area contributed by atoms with Crippen LogP contribution in [0.4, 0.5) is 10.5 Å². The summed E-state index contributed by atoms with van der Waals surface area (Å²) in [6.07, 6.45) is 0. The van der Waals surface area contributed by atoms with Crippen molar-refractivity contribution in [2.45, 2.75) is 19.9 Å². The van der Waals surface area contributed by atoms with Crippen molar-refractivity contribution in [2.24, 2.45) is 0 Å². The number of carbonyl (C=O) groups excluding carboxylic acids is 2. The van der Waals surface area contributed by atoms with Gasteiger partial charge in [-0.25, -0.2) is 4.79 Å². The molecule has 116 valence electrons. The van der Waals surface area contributed by atoms with Gasteiger partial charge < -0.3 is 20.9 Å². The van der Waals surface area contributed by atoms with E-state index in [0.717, 1.165) is 5.56 Å². The van der Waals surface area contributed by atoms with Crippen molar-refractivity contribution in [1.82, 2.24) is 15.5 Å². The fourth-order valence-corrected chi connectivity index (χ4v) is 1.66. The lowest BCUT2D eigenvalue weighted by Crippen LogP contribution is -2.39. The first kappa shape index (κ1) is 17.0. The summed E-state index contributed by atoms with van der Waals surface area (Å²) in [6.45, 7) is 4.55. The van der Waals surface area contributed by atoms with Gasteiger partial charge in [0.05, 0.1) is 6.54 Å². The van der Waals surface area contributed by atoms with Crippen LogP contribution in [0.5, 0.6) is 0 Å². The third-order valence-electron chi connectivity index (χ3n) is 3.40. The summed E-state index contributed by atoms with van der Waals surface area (Å²) in [4.78, 5) is 24.8. The van der Waals surface area contributed by atoms with E-state index in [0.29, 0.717) is 12.2 Å². The molecule has 0 aliphatic heterocycles. The maximum atomic E-state index is 11.7. The van der Waals surface area contributed by atoms with Gasteiger partial charge in [-0.3, -0.25) is 4.79 Å². The average molecular weight is 292 g/mol. The second kappa shape index (κ2) is 8.26. The predicted octanol–water partition coefficient (Wildman–Crippen LogP) is 1.57. The van der Waals surface area contributed by atoms with E-state index in [1.165, 1.54) is 0 Å². The Morgan fingerprint density at radius 1 is 1.24 bits per heavy atom. The Bertz CT molecular complexity index is 473. The van der Waals surface area contributed by atoms with Crippen molar-refractivity contribution in [2.75, 3.05) is 32.5 Å². The largest absolute Gasteiger partial charge is 0.345 e. The molecule has 1 atom stereocenters. The molecule has 0 aliphatic carbocycles. The number of benzene rings is 1. The van der Waals surface area contributed by atoms with Crippen LogP contribution < -0.4 is 16.0 Å². The molecule has 6 nitrogen and oxygen atoms in total. The van der Waals surface area contributed by atoms with Gasteiger partial charge in [0.15, 0.2) is 0 Å². The Morgan fingerprint density at radius 3 is 2.38 bits per heavy atom. The maximum Gasteiger partial charge on any atom is 0.319 e. The lowest BCUT2D eigenvalue weighted by molar-refractivity contribution is -0.128. The molecule has 21 heavy (non-hydrogen) atoms. The van der Waals surface area contributed by atoms with Crippen molar-refractivity contribution in [3.8, 4) is 0 Å². The number of nitrogens with one attached hydrogen (secondary N) is 3. The molecule has 0 aliphatic rings. The van der Waals surface area contributed by atoms with Gasteiger partial charge in [-0.1, -0.05) is 12.1 Å². The van der Waals surface area contributed by atoms with Crippen LogP contribution in [0.15, 0.2) is 24.3 Å². The molecule has 0 saturated heterocycles. The van der Waals surface area contributed by atoms with E-state index in [4.69, 9.17) is 0 Å². The quantitative estimate of drug-likeness (QED) is 0.745. The molecule has 1 aromatic carbocycles. The minimum Gasteiger partial charge on any atom is -0.345 e. The molecule has 0 fully saturated rings. The predicted molar refractivity (Wildman–Crippen MR) is 84.2 cm³/mol. The van der Waals surface area contributed by atoms with E-state index >= 15 is 0 Å². The van der Waals surface area contributed by atoms with Crippen LogP contribution in [-0.4, -0.2) is 44.0 Å². The summed E-state index contributed by atoms with van der Waals surface area (Å²) in [7, 11) is 3.60.